The molecule has 0 aliphatic carbocycles. The van der Waals surface area contributed by atoms with Crippen LogP contribution in [0.5, 0.6) is 11.5 Å². The van der Waals surface area contributed by atoms with Crippen molar-refractivity contribution in [3.8, 4) is 11.5 Å². The number of ether oxygens (including phenoxy) is 2. The molecule has 1 atom stereocenters. The molecular weight excluding hydrogens is 248 g/mol. The van der Waals surface area contributed by atoms with Gasteiger partial charge in [0.15, 0.2) is 11.5 Å². The van der Waals surface area contributed by atoms with Gasteiger partial charge in [-0.3, -0.25) is 4.98 Å². The van der Waals surface area contributed by atoms with Gasteiger partial charge in [-0.05, 0) is 24.5 Å². The molecule has 0 amide bonds. The number of pyridine rings is 1. The van der Waals surface area contributed by atoms with E-state index in [1.54, 1.807) is 26.5 Å². The normalized spacial score (nSPS) is 12.2. The van der Waals surface area contributed by atoms with Crippen LogP contribution in [0.4, 0.5) is 0 Å². The quantitative estimate of drug-likeness (QED) is 0.784. The molecule has 0 fully saturated rings. The first kappa shape index (κ1) is 15.1. The lowest BCUT2D eigenvalue weighted by Gasteiger charge is -2.14. The van der Waals surface area contributed by atoms with Crippen LogP contribution in [-0.2, 0) is 6.54 Å². The molecule has 0 spiro atoms. The van der Waals surface area contributed by atoms with Gasteiger partial charge in [0.1, 0.15) is 0 Å². The molecule has 1 rings (SSSR count). The van der Waals surface area contributed by atoms with Crippen molar-refractivity contribution in [1.82, 2.24) is 10.3 Å². The number of thioether (sulfide) groups is 1. The lowest BCUT2D eigenvalue weighted by Crippen LogP contribution is -2.22. The summed E-state index contributed by atoms with van der Waals surface area (Å²) in [4.78, 5) is 4.33. The van der Waals surface area contributed by atoms with Crippen LogP contribution in [0.2, 0.25) is 0 Å². The molecule has 1 unspecified atom stereocenters. The van der Waals surface area contributed by atoms with E-state index in [-0.39, 0.29) is 0 Å². The Balaban J connectivity index is 2.56. The van der Waals surface area contributed by atoms with Crippen molar-refractivity contribution >= 4 is 11.8 Å². The molecular formula is C13H22N2O2S. The number of hydrogen-bond donors (Lipinski definition) is 1. The van der Waals surface area contributed by atoms with E-state index in [1.165, 1.54) is 0 Å². The molecule has 4 nitrogen and oxygen atoms in total. The Labute approximate surface area is 113 Å². The van der Waals surface area contributed by atoms with Crippen LogP contribution in [0.3, 0.4) is 0 Å². The third-order valence-corrected chi connectivity index (χ3v) is 3.51. The Hall–Kier alpha value is -0.940. The Morgan fingerprint density at radius 3 is 2.78 bits per heavy atom. The van der Waals surface area contributed by atoms with Gasteiger partial charge in [0.25, 0.3) is 0 Å². The van der Waals surface area contributed by atoms with E-state index in [1.807, 2.05) is 11.8 Å². The van der Waals surface area contributed by atoms with Crippen molar-refractivity contribution in [2.45, 2.75) is 13.5 Å². The molecule has 0 saturated heterocycles. The molecule has 1 heterocycles. The molecule has 0 radical (unpaired) electrons. The zero-order valence-electron chi connectivity index (χ0n) is 11.5. The fourth-order valence-electron chi connectivity index (χ4n) is 1.76. The highest BCUT2D eigenvalue weighted by molar-refractivity contribution is 7.98. The second-order valence-corrected chi connectivity index (χ2v) is 5.10. The van der Waals surface area contributed by atoms with Crippen LogP contribution in [0.1, 0.15) is 12.6 Å². The summed E-state index contributed by atoms with van der Waals surface area (Å²) in [6.07, 6.45) is 3.87. The van der Waals surface area contributed by atoms with Gasteiger partial charge in [-0.2, -0.15) is 11.8 Å². The molecule has 0 saturated carbocycles. The van der Waals surface area contributed by atoms with E-state index < -0.39 is 0 Å². The van der Waals surface area contributed by atoms with Gasteiger partial charge in [-0.15, -0.1) is 0 Å². The highest BCUT2D eigenvalue weighted by Crippen LogP contribution is 2.28. The number of hydrogen-bond acceptors (Lipinski definition) is 5. The number of rotatable bonds is 8. The van der Waals surface area contributed by atoms with Gasteiger partial charge in [-0.25, -0.2) is 0 Å². The minimum Gasteiger partial charge on any atom is -0.493 e. The first-order chi connectivity index (χ1) is 8.72. The van der Waals surface area contributed by atoms with Crippen LogP contribution in [0.25, 0.3) is 0 Å². The maximum absolute atomic E-state index is 5.34. The van der Waals surface area contributed by atoms with Crippen LogP contribution in [0.15, 0.2) is 12.3 Å². The molecule has 0 aromatic carbocycles. The van der Waals surface area contributed by atoms with Crippen LogP contribution in [0, 0.1) is 5.92 Å². The largest absolute Gasteiger partial charge is 0.493 e. The maximum atomic E-state index is 5.34. The van der Waals surface area contributed by atoms with Crippen LogP contribution >= 0.6 is 11.8 Å². The highest BCUT2D eigenvalue weighted by Gasteiger charge is 2.10. The Morgan fingerprint density at radius 1 is 1.39 bits per heavy atom. The van der Waals surface area contributed by atoms with E-state index >= 15 is 0 Å². The van der Waals surface area contributed by atoms with Gasteiger partial charge >= 0.3 is 0 Å². The van der Waals surface area contributed by atoms with Crippen LogP contribution in [-0.4, -0.2) is 37.8 Å². The zero-order chi connectivity index (χ0) is 13.4. The topological polar surface area (TPSA) is 43.4 Å². The molecule has 0 aliphatic heterocycles. The summed E-state index contributed by atoms with van der Waals surface area (Å²) in [7, 11) is 3.27. The third kappa shape index (κ3) is 4.38. The molecule has 1 N–H and O–H groups in total. The summed E-state index contributed by atoms with van der Waals surface area (Å²) in [5.74, 6) is 3.25. The fourth-order valence-corrected chi connectivity index (χ4v) is 2.44. The first-order valence-corrected chi connectivity index (χ1v) is 7.37. The van der Waals surface area contributed by atoms with Crippen molar-refractivity contribution < 1.29 is 9.47 Å². The van der Waals surface area contributed by atoms with E-state index in [4.69, 9.17) is 9.47 Å². The van der Waals surface area contributed by atoms with Crippen molar-refractivity contribution in [3.63, 3.8) is 0 Å². The molecule has 0 aliphatic rings. The monoisotopic (exact) mass is 270 g/mol. The minimum atomic E-state index is 0.650. The van der Waals surface area contributed by atoms with E-state index in [9.17, 15) is 0 Å². The average Bonchev–Trinajstić information content (AvgIpc) is 2.38. The summed E-state index contributed by atoms with van der Waals surface area (Å²) in [6.45, 7) is 3.90. The SMILES string of the molecule is COc1ccnc(CNCC(C)CSC)c1OC. The Kier molecular flexibility index (Phi) is 6.90. The van der Waals surface area contributed by atoms with Gasteiger partial charge in [0, 0.05) is 18.8 Å². The summed E-state index contributed by atoms with van der Waals surface area (Å²) < 4.78 is 10.6. The summed E-state index contributed by atoms with van der Waals surface area (Å²) in [5.41, 5.74) is 0.883. The lowest BCUT2D eigenvalue weighted by molar-refractivity contribution is 0.347. The van der Waals surface area contributed by atoms with E-state index in [0.29, 0.717) is 18.2 Å². The lowest BCUT2D eigenvalue weighted by atomic mass is 10.2. The number of nitrogens with zero attached hydrogens (tertiary/aromatic N) is 1. The smallest absolute Gasteiger partial charge is 0.183 e. The zero-order valence-corrected chi connectivity index (χ0v) is 12.3. The third-order valence-electron chi connectivity index (χ3n) is 2.60. The molecule has 5 heteroatoms. The molecule has 102 valence electrons. The number of methoxy groups -OCH3 is 2. The van der Waals surface area contributed by atoms with Crippen molar-refractivity contribution in [2.24, 2.45) is 5.92 Å². The number of nitrogens with one attached hydrogen (secondary N) is 1. The van der Waals surface area contributed by atoms with Crippen molar-refractivity contribution in [1.29, 1.82) is 0 Å². The molecule has 0 bridgehead atoms. The minimum absolute atomic E-state index is 0.650. The molecule has 1 aromatic rings. The van der Waals surface area contributed by atoms with Gasteiger partial charge in [0.05, 0.1) is 19.9 Å². The number of aromatic nitrogens is 1. The second-order valence-electron chi connectivity index (χ2n) is 4.18. The summed E-state index contributed by atoms with van der Waals surface area (Å²) >= 11 is 1.87. The van der Waals surface area contributed by atoms with Gasteiger partial charge in [0.2, 0.25) is 0 Å². The molecule has 18 heavy (non-hydrogen) atoms. The summed E-state index contributed by atoms with van der Waals surface area (Å²) in [6, 6.07) is 1.80. The second kappa shape index (κ2) is 8.21. The van der Waals surface area contributed by atoms with Crippen LogP contribution < -0.4 is 14.8 Å². The average molecular weight is 270 g/mol. The predicted molar refractivity (Wildman–Crippen MR) is 76.6 cm³/mol. The maximum Gasteiger partial charge on any atom is 0.183 e. The van der Waals surface area contributed by atoms with Gasteiger partial charge in [-0.1, -0.05) is 6.92 Å². The Bertz CT molecular complexity index is 361. The standard InChI is InChI=1S/C13H22N2O2S/c1-10(9-18-4)7-14-8-11-13(17-3)12(16-2)5-6-15-11/h5-6,10,14H,7-9H2,1-4H3. The van der Waals surface area contributed by atoms with E-state index in [2.05, 4.69) is 23.5 Å². The summed E-state index contributed by atoms with van der Waals surface area (Å²) in [5, 5.41) is 3.40. The van der Waals surface area contributed by atoms with Gasteiger partial charge < -0.3 is 14.8 Å². The fraction of sp³-hybridized carbons (Fsp3) is 0.615. The first-order valence-electron chi connectivity index (χ1n) is 5.98. The van der Waals surface area contributed by atoms with E-state index in [0.717, 1.165) is 23.7 Å². The predicted octanol–water partition coefficient (Wildman–Crippen LogP) is 2.19. The molecule has 1 aromatic heterocycles. The highest BCUT2D eigenvalue weighted by atomic mass is 32.2. The van der Waals surface area contributed by atoms with Crippen molar-refractivity contribution in [2.75, 3.05) is 32.8 Å². The van der Waals surface area contributed by atoms with Crippen molar-refractivity contribution in [3.05, 3.63) is 18.0 Å². The Morgan fingerprint density at radius 2 is 2.17 bits per heavy atom.